The van der Waals surface area contributed by atoms with Crippen molar-refractivity contribution in [2.45, 2.75) is 0 Å². The van der Waals surface area contributed by atoms with Crippen LogP contribution >= 0.6 is 23.2 Å². The minimum absolute atomic E-state index is 0.242. The molecule has 1 N–H and O–H groups in total. The second-order valence-electron chi connectivity index (χ2n) is 6.19. The second-order valence-corrected chi connectivity index (χ2v) is 6.97. The van der Waals surface area contributed by atoms with Crippen LogP contribution in [-0.4, -0.2) is 5.91 Å². The van der Waals surface area contributed by atoms with Crippen molar-refractivity contribution in [3.05, 3.63) is 94.7 Å². The molecule has 0 unspecified atom stereocenters. The summed E-state index contributed by atoms with van der Waals surface area (Å²) in [7, 11) is 0. The lowest BCUT2D eigenvalue weighted by Gasteiger charge is -2.04. The third kappa shape index (κ3) is 3.96. The summed E-state index contributed by atoms with van der Waals surface area (Å²) in [6.07, 6.45) is 3.04. The number of fused-ring (bicyclic) bond motifs is 1. The maximum Gasteiger partial charge on any atom is 0.248 e. The van der Waals surface area contributed by atoms with Crippen molar-refractivity contribution in [2.24, 2.45) is 0 Å². The molecule has 1 heterocycles. The van der Waals surface area contributed by atoms with Crippen LogP contribution in [0.1, 0.15) is 5.76 Å². The molecular formula is C23H15Cl2NO2. The van der Waals surface area contributed by atoms with E-state index < -0.39 is 0 Å². The molecule has 138 valence electrons. The molecule has 1 aromatic heterocycles. The predicted octanol–water partition coefficient (Wildman–Crippen LogP) is 7.06. The van der Waals surface area contributed by atoms with Gasteiger partial charge >= 0.3 is 0 Å². The van der Waals surface area contributed by atoms with Gasteiger partial charge in [-0.2, -0.15) is 0 Å². The lowest BCUT2D eigenvalue weighted by atomic mass is 10.1. The summed E-state index contributed by atoms with van der Waals surface area (Å²) in [5, 5.41) is 5.94. The van der Waals surface area contributed by atoms with Crippen LogP contribution < -0.4 is 5.32 Å². The highest BCUT2D eigenvalue weighted by atomic mass is 35.5. The van der Waals surface area contributed by atoms with Gasteiger partial charge in [-0.15, -0.1) is 0 Å². The van der Waals surface area contributed by atoms with Crippen molar-refractivity contribution in [2.75, 3.05) is 5.32 Å². The highest BCUT2D eigenvalue weighted by Crippen LogP contribution is 2.34. The fraction of sp³-hybridized carbons (Fsp3) is 0. The monoisotopic (exact) mass is 407 g/mol. The molecule has 0 spiro atoms. The first kappa shape index (κ1) is 18.4. The van der Waals surface area contributed by atoms with Gasteiger partial charge in [0, 0.05) is 17.3 Å². The van der Waals surface area contributed by atoms with Crippen molar-refractivity contribution in [3.63, 3.8) is 0 Å². The molecule has 1 amide bonds. The average Bonchev–Trinajstić information content (AvgIpc) is 3.17. The molecule has 0 saturated carbocycles. The molecule has 0 aliphatic carbocycles. The minimum atomic E-state index is -0.242. The van der Waals surface area contributed by atoms with Gasteiger partial charge in [0.05, 0.1) is 10.0 Å². The van der Waals surface area contributed by atoms with Gasteiger partial charge in [-0.1, -0.05) is 59.6 Å². The van der Waals surface area contributed by atoms with Gasteiger partial charge in [0.1, 0.15) is 11.5 Å². The van der Waals surface area contributed by atoms with Crippen molar-refractivity contribution in [3.8, 4) is 11.3 Å². The molecule has 4 rings (SSSR count). The number of rotatable bonds is 4. The smallest absolute Gasteiger partial charge is 0.248 e. The van der Waals surface area contributed by atoms with Gasteiger partial charge in [0.2, 0.25) is 5.91 Å². The number of anilines is 1. The molecule has 0 saturated heterocycles. The van der Waals surface area contributed by atoms with Crippen LogP contribution in [0.2, 0.25) is 10.0 Å². The van der Waals surface area contributed by atoms with Crippen molar-refractivity contribution in [1.29, 1.82) is 0 Å². The van der Waals surface area contributed by atoms with Gasteiger partial charge < -0.3 is 9.73 Å². The molecule has 0 fully saturated rings. The Balaban J connectivity index is 1.47. The fourth-order valence-corrected chi connectivity index (χ4v) is 3.28. The Morgan fingerprint density at radius 2 is 1.71 bits per heavy atom. The SMILES string of the molecule is O=C(C=Cc1ccc(-c2cccc(Cl)c2Cl)o1)Nc1ccc2ccccc2c1. The van der Waals surface area contributed by atoms with Crippen molar-refractivity contribution in [1.82, 2.24) is 0 Å². The maximum absolute atomic E-state index is 12.2. The Hall–Kier alpha value is -3.01. The zero-order valence-corrected chi connectivity index (χ0v) is 16.2. The maximum atomic E-state index is 12.2. The van der Waals surface area contributed by atoms with Crippen molar-refractivity contribution >= 4 is 51.6 Å². The predicted molar refractivity (Wildman–Crippen MR) is 116 cm³/mol. The Labute approximate surface area is 172 Å². The summed E-state index contributed by atoms with van der Waals surface area (Å²) in [4.78, 5) is 12.2. The molecule has 3 aromatic carbocycles. The molecular weight excluding hydrogens is 393 g/mol. The second kappa shape index (κ2) is 7.93. The van der Waals surface area contributed by atoms with E-state index in [1.54, 1.807) is 30.3 Å². The van der Waals surface area contributed by atoms with Crippen LogP contribution in [0.15, 0.2) is 83.3 Å². The van der Waals surface area contributed by atoms with Gasteiger partial charge in [0.25, 0.3) is 0 Å². The molecule has 0 aliphatic rings. The van der Waals surface area contributed by atoms with E-state index in [9.17, 15) is 4.79 Å². The van der Waals surface area contributed by atoms with Gasteiger partial charge in [-0.25, -0.2) is 0 Å². The lowest BCUT2D eigenvalue weighted by molar-refractivity contribution is -0.111. The third-order valence-corrected chi connectivity index (χ3v) is 5.08. The first-order valence-corrected chi connectivity index (χ1v) is 9.38. The van der Waals surface area contributed by atoms with E-state index >= 15 is 0 Å². The van der Waals surface area contributed by atoms with Crippen molar-refractivity contribution < 1.29 is 9.21 Å². The van der Waals surface area contributed by atoms with Crippen LogP contribution in [0.4, 0.5) is 5.69 Å². The standard InChI is InChI=1S/C23H15Cl2NO2/c24-20-7-3-6-19(23(20)25)21-12-10-18(28-21)11-13-22(27)26-17-9-8-15-4-1-2-5-16(15)14-17/h1-14H,(H,26,27). The Bertz CT molecular complexity index is 1190. The molecule has 0 atom stereocenters. The first-order chi connectivity index (χ1) is 13.6. The average molecular weight is 408 g/mol. The number of amides is 1. The van der Waals surface area contributed by atoms with Crippen LogP contribution in [-0.2, 0) is 4.79 Å². The summed E-state index contributed by atoms with van der Waals surface area (Å²) < 4.78 is 5.75. The Kier molecular flexibility index (Phi) is 5.20. The summed E-state index contributed by atoms with van der Waals surface area (Å²) in [6.45, 7) is 0. The molecule has 0 bridgehead atoms. The molecule has 3 nitrogen and oxygen atoms in total. The molecule has 4 aromatic rings. The number of nitrogens with one attached hydrogen (secondary N) is 1. The minimum Gasteiger partial charge on any atom is -0.457 e. The topological polar surface area (TPSA) is 42.2 Å². The van der Waals surface area contributed by atoms with E-state index in [0.29, 0.717) is 27.1 Å². The van der Waals surface area contributed by atoms with E-state index in [-0.39, 0.29) is 5.91 Å². The highest BCUT2D eigenvalue weighted by Gasteiger charge is 2.10. The quantitative estimate of drug-likeness (QED) is 0.368. The van der Waals surface area contributed by atoms with E-state index in [1.165, 1.54) is 6.08 Å². The lowest BCUT2D eigenvalue weighted by Crippen LogP contribution is -2.07. The summed E-state index contributed by atoms with van der Waals surface area (Å²) >= 11 is 12.3. The van der Waals surface area contributed by atoms with Crippen LogP contribution in [0, 0.1) is 0 Å². The van der Waals surface area contributed by atoms with Crippen LogP contribution in [0.5, 0.6) is 0 Å². The normalized spacial score (nSPS) is 11.2. The first-order valence-electron chi connectivity index (χ1n) is 8.62. The molecule has 28 heavy (non-hydrogen) atoms. The zero-order chi connectivity index (χ0) is 19.5. The third-order valence-electron chi connectivity index (χ3n) is 4.26. The summed E-state index contributed by atoms with van der Waals surface area (Å²) in [5.41, 5.74) is 1.44. The van der Waals surface area contributed by atoms with Gasteiger partial charge in [0.15, 0.2) is 0 Å². The Morgan fingerprint density at radius 1 is 0.893 bits per heavy atom. The van der Waals surface area contributed by atoms with Crippen LogP contribution in [0.3, 0.4) is 0 Å². The van der Waals surface area contributed by atoms with Gasteiger partial charge in [-0.05, 0) is 53.2 Å². The number of carbonyl (C=O) groups is 1. The fourth-order valence-electron chi connectivity index (χ4n) is 2.89. The number of carbonyl (C=O) groups excluding carboxylic acids is 1. The number of halogens is 2. The van der Waals surface area contributed by atoms with E-state index in [4.69, 9.17) is 27.6 Å². The Morgan fingerprint density at radius 3 is 2.57 bits per heavy atom. The molecule has 5 heteroatoms. The summed E-state index contributed by atoms with van der Waals surface area (Å²) in [5.74, 6) is 0.885. The number of benzene rings is 3. The highest BCUT2D eigenvalue weighted by molar-refractivity contribution is 6.43. The number of furan rings is 1. The molecule has 0 radical (unpaired) electrons. The van der Waals surface area contributed by atoms with E-state index in [2.05, 4.69) is 5.32 Å². The number of hydrogen-bond donors (Lipinski definition) is 1. The zero-order valence-electron chi connectivity index (χ0n) is 14.7. The molecule has 0 aliphatic heterocycles. The summed E-state index contributed by atoms with van der Waals surface area (Å²) in [6, 6.07) is 22.7. The van der Waals surface area contributed by atoms with Crippen LogP contribution in [0.25, 0.3) is 28.2 Å². The van der Waals surface area contributed by atoms with Gasteiger partial charge in [-0.3, -0.25) is 4.79 Å². The van der Waals surface area contributed by atoms with E-state index in [0.717, 1.165) is 16.5 Å². The number of hydrogen-bond acceptors (Lipinski definition) is 2. The largest absolute Gasteiger partial charge is 0.457 e. The van der Waals surface area contributed by atoms with E-state index in [1.807, 2.05) is 48.5 Å².